The van der Waals surface area contributed by atoms with Crippen molar-refractivity contribution in [3.05, 3.63) is 29.6 Å². The van der Waals surface area contributed by atoms with Gasteiger partial charge in [0.15, 0.2) is 0 Å². The molecule has 0 aliphatic rings. The number of hydrogen-bond acceptors (Lipinski definition) is 3. The number of carbonyl (C=O) groups is 1. The van der Waals surface area contributed by atoms with Crippen LogP contribution in [0.1, 0.15) is 10.4 Å². The van der Waals surface area contributed by atoms with Crippen molar-refractivity contribution < 1.29 is 22.2 Å². The third kappa shape index (κ3) is 2.10. The van der Waals surface area contributed by atoms with Crippen LogP contribution >= 0.6 is 0 Å². The van der Waals surface area contributed by atoms with E-state index in [-0.39, 0.29) is 5.56 Å². The molecule has 0 bridgehead atoms. The van der Waals surface area contributed by atoms with Crippen LogP contribution in [-0.2, 0) is 10.1 Å². The molecule has 0 saturated carbocycles. The first-order valence-corrected chi connectivity index (χ1v) is 4.61. The summed E-state index contributed by atoms with van der Waals surface area (Å²) in [4.78, 5) is 9.31. The van der Waals surface area contributed by atoms with E-state index in [2.05, 4.69) is 0 Å². The molecule has 0 unspecified atom stereocenters. The van der Waals surface area contributed by atoms with Crippen LogP contribution < -0.4 is 0 Å². The number of rotatable bonds is 2. The monoisotopic (exact) mass is 204 g/mol. The molecule has 13 heavy (non-hydrogen) atoms. The summed E-state index contributed by atoms with van der Waals surface area (Å²) in [7, 11) is -4.60. The van der Waals surface area contributed by atoms with Crippen molar-refractivity contribution in [1.29, 1.82) is 0 Å². The minimum atomic E-state index is -4.60. The topological polar surface area (TPSA) is 71.4 Å². The lowest BCUT2D eigenvalue weighted by Gasteiger charge is -1.98. The zero-order valence-corrected chi connectivity index (χ0v) is 7.08. The minimum absolute atomic E-state index is 0.0194. The SMILES string of the molecule is O=Cc1ccc(F)c(S(=O)(=O)O)c1. The maximum absolute atomic E-state index is 12.7. The van der Waals surface area contributed by atoms with Gasteiger partial charge in [-0.05, 0) is 18.2 Å². The van der Waals surface area contributed by atoms with Gasteiger partial charge in [-0.15, -0.1) is 0 Å². The first-order valence-electron chi connectivity index (χ1n) is 3.17. The molecule has 0 fully saturated rings. The molecule has 0 aliphatic heterocycles. The summed E-state index contributed by atoms with van der Waals surface area (Å²) in [6, 6.07) is 2.67. The van der Waals surface area contributed by atoms with Crippen LogP contribution in [0.2, 0.25) is 0 Å². The molecule has 0 heterocycles. The smallest absolute Gasteiger partial charge is 0.297 e. The highest BCUT2D eigenvalue weighted by Crippen LogP contribution is 2.14. The van der Waals surface area contributed by atoms with Gasteiger partial charge in [-0.2, -0.15) is 8.42 Å². The molecule has 1 aromatic rings. The molecule has 0 saturated heterocycles. The average molecular weight is 204 g/mol. The summed E-state index contributed by atoms with van der Waals surface area (Å²) in [5.41, 5.74) is -0.0194. The molecule has 0 atom stereocenters. The maximum Gasteiger partial charge on any atom is 0.297 e. The van der Waals surface area contributed by atoms with Crippen molar-refractivity contribution in [2.75, 3.05) is 0 Å². The van der Waals surface area contributed by atoms with E-state index >= 15 is 0 Å². The summed E-state index contributed by atoms with van der Waals surface area (Å²) < 4.78 is 42.3. The van der Waals surface area contributed by atoms with Crippen molar-refractivity contribution in [2.45, 2.75) is 4.90 Å². The molecule has 0 aliphatic carbocycles. The first kappa shape index (κ1) is 9.82. The quantitative estimate of drug-likeness (QED) is 0.573. The van der Waals surface area contributed by atoms with Crippen LogP contribution in [-0.4, -0.2) is 19.3 Å². The molecule has 1 rings (SSSR count). The van der Waals surface area contributed by atoms with Crippen molar-refractivity contribution in [2.24, 2.45) is 0 Å². The van der Waals surface area contributed by atoms with Crippen LogP contribution in [0.3, 0.4) is 0 Å². The lowest BCUT2D eigenvalue weighted by atomic mass is 10.2. The Kier molecular flexibility index (Phi) is 2.44. The highest BCUT2D eigenvalue weighted by atomic mass is 32.2. The van der Waals surface area contributed by atoms with Gasteiger partial charge >= 0.3 is 0 Å². The standard InChI is InChI=1S/C7H5FO4S/c8-6-2-1-5(4-9)3-7(6)13(10,11)12/h1-4H,(H,10,11,12). The van der Waals surface area contributed by atoms with E-state index in [1.54, 1.807) is 0 Å². The number of aldehydes is 1. The third-order valence-corrected chi connectivity index (χ3v) is 2.24. The molecule has 4 nitrogen and oxygen atoms in total. The Morgan fingerprint density at radius 2 is 2.00 bits per heavy atom. The van der Waals surface area contributed by atoms with E-state index < -0.39 is 20.8 Å². The Balaban J connectivity index is 3.44. The zero-order chi connectivity index (χ0) is 10.1. The predicted octanol–water partition coefficient (Wildman–Crippen LogP) is 0.885. The predicted molar refractivity (Wildman–Crippen MR) is 41.6 cm³/mol. The van der Waals surface area contributed by atoms with Gasteiger partial charge in [-0.25, -0.2) is 4.39 Å². The highest BCUT2D eigenvalue weighted by molar-refractivity contribution is 7.85. The molecular weight excluding hydrogens is 199 g/mol. The van der Waals surface area contributed by atoms with Gasteiger partial charge in [-0.1, -0.05) is 0 Å². The molecule has 1 N–H and O–H groups in total. The van der Waals surface area contributed by atoms with Gasteiger partial charge in [0.1, 0.15) is 17.0 Å². The fourth-order valence-corrected chi connectivity index (χ4v) is 1.39. The van der Waals surface area contributed by atoms with Crippen molar-refractivity contribution in [3.8, 4) is 0 Å². The van der Waals surface area contributed by atoms with Gasteiger partial charge in [0.25, 0.3) is 10.1 Å². The van der Waals surface area contributed by atoms with Crippen LogP contribution in [0.25, 0.3) is 0 Å². The molecule has 0 aromatic heterocycles. The summed E-state index contributed by atoms with van der Waals surface area (Å²) >= 11 is 0. The molecular formula is C7H5FO4S. The van der Waals surface area contributed by atoms with Crippen LogP contribution in [0.15, 0.2) is 23.1 Å². The van der Waals surface area contributed by atoms with Gasteiger partial charge in [0.05, 0.1) is 0 Å². The van der Waals surface area contributed by atoms with Crippen molar-refractivity contribution in [1.82, 2.24) is 0 Å². The number of benzene rings is 1. The van der Waals surface area contributed by atoms with Crippen molar-refractivity contribution in [3.63, 3.8) is 0 Å². The molecule has 70 valence electrons. The lowest BCUT2D eigenvalue weighted by Crippen LogP contribution is -2.02. The lowest BCUT2D eigenvalue weighted by molar-refractivity contribution is 0.112. The second-order valence-electron chi connectivity index (χ2n) is 2.28. The second kappa shape index (κ2) is 3.23. The summed E-state index contributed by atoms with van der Waals surface area (Å²) in [6.45, 7) is 0. The molecule has 0 amide bonds. The molecule has 0 spiro atoms. The van der Waals surface area contributed by atoms with Crippen LogP contribution in [0, 0.1) is 5.82 Å². The van der Waals surface area contributed by atoms with E-state index in [9.17, 15) is 17.6 Å². The highest BCUT2D eigenvalue weighted by Gasteiger charge is 2.15. The maximum atomic E-state index is 12.7. The van der Waals surface area contributed by atoms with Crippen molar-refractivity contribution >= 4 is 16.4 Å². The average Bonchev–Trinajstić information content (AvgIpc) is 2.03. The Morgan fingerprint density at radius 1 is 1.38 bits per heavy atom. The van der Waals surface area contributed by atoms with Gasteiger partial charge in [0.2, 0.25) is 0 Å². The normalized spacial score (nSPS) is 11.2. The van der Waals surface area contributed by atoms with E-state index in [1.807, 2.05) is 0 Å². The van der Waals surface area contributed by atoms with Gasteiger partial charge < -0.3 is 0 Å². The van der Waals surface area contributed by atoms with Gasteiger partial charge in [-0.3, -0.25) is 9.35 Å². The number of hydrogen-bond donors (Lipinski definition) is 1. The molecule has 0 radical (unpaired) electrons. The second-order valence-corrected chi connectivity index (χ2v) is 3.67. The third-order valence-electron chi connectivity index (χ3n) is 1.37. The van der Waals surface area contributed by atoms with Crippen LogP contribution in [0.4, 0.5) is 4.39 Å². The van der Waals surface area contributed by atoms with E-state index in [1.165, 1.54) is 0 Å². The van der Waals surface area contributed by atoms with Crippen LogP contribution in [0.5, 0.6) is 0 Å². The summed E-state index contributed by atoms with van der Waals surface area (Å²) in [5.74, 6) is -1.09. The van der Waals surface area contributed by atoms with E-state index in [0.29, 0.717) is 6.29 Å². The Morgan fingerprint density at radius 3 is 2.46 bits per heavy atom. The number of carbonyl (C=O) groups excluding carboxylic acids is 1. The fraction of sp³-hybridized carbons (Fsp3) is 0. The Hall–Kier alpha value is -1.27. The zero-order valence-electron chi connectivity index (χ0n) is 6.27. The number of halogens is 1. The molecule has 6 heteroatoms. The van der Waals surface area contributed by atoms with E-state index in [0.717, 1.165) is 18.2 Å². The Bertz CT molecular complexity index is 438. The van der Waals surface area contributed by atoms with E-state index in [4.69, 9.17) is 4.55 Å². The first-order chi connectivity index (χ1) is 5.95. The minimum Gasteiger partial charge on any atom is -0.298 e. The fourth-order valence-electron chi connectivity index (χ4n) is 0.791. The molecule has 1 aromatic carbocycles. The summed E-state index contributed by atoms with van der Waals surface area (Å²) in [6.07, 6.45) is 0.355. The Labute approximate surface area is 73.8 Å². The largest absolute Gasteiger partial charge is 0.298 e. The van der Waals surface area contributed by atoms with Gasteiger partial charge in [0, 0.05) is 5.56 Å². The summed E-state index contributed by atoms with van der Waals surface area (Å²) in [5, 5.41) is 0.